The van der Waals surface area contributed by atoms with E-state index in [1.165, 1.54) is 0 Å². The Labute approximate surface area is 62.4 Å². The molecule has 0 spiro atoms. The molecule has 3 unspecified atom stereocenters. The molecular weight excluding hydrogens is 126 g/mol. The summed E-state index contributed by atoms with van der Waals surface area (Å²) in [7, 11) is 0. The number of aliphatic hydroxyl groups is 1. The van der Waals surface area contributed by atoms with Gasteiger partial charge in [-0.15, -0.1) is 0 Å². The topological polar surface area (TPSA) is 46.2 Å². The SMILES string of the molecule is CC(C)C1(C)C(N)CC1O. The lowest BCUT2D eigenvalue weighted by Crippen LogP contribution is -2.62. The first kappa shape index (κ1) is 8.02. The van der Waals surface area contributed by atoms with Gasteiger partial charge in [-0.25, -0.2) is 0 Å². The van der Waals surface area contributed by atoms with Crippen LogP contribution in [-0.4, -0.2) is 17.3 Å². The number of aliphatic hydroxyl groups excluding tert-OH is 1. The zero-order chi connectivity index (χ0) is 7.94. The van der Waals surface area contributed by atoms with E-state index in [2.05, 4.69) is 20.8 Å². The van der Waals surface area contributed by atoms with Crippen LogP contribution in [0.25, 0.3) is 0 Å². The second kappa shape index (κ2) is 2.21. The summed E-state index contributed by atoms with van der Waals surface area (Å²) < 4.78 is 0. The largest absolute Gasteiger partial charge is 0.392 e. The van der Waals surface area contributed by atoms with Crippen molar-refractivity contribution in [2.24, 2.45) is 17.1 Å². The maximum Gasteiger partial charge on any atom is 0.0626 e. The van der Waals surface area contributed by atoms with Gasteiger partial charge in [-0.3, -0.25) is 0 Å². The first-order chi connectivity index (χ1) is 4.49. The molecule has 0 amide bonds. The first-order valence-corrected chi connectivity index (χ1v) is 3.93. The van der Waals surface area contributed by atoms with Crippen molar-refractivity contribution in [3.63, 3.8) is 0 Å². The summed E-state index contributed by atoms with van der Waals surface area (Å²) >= 11 is 0. The molecule has 10 heavy (non-hydrogen) atoms. The van der Waals surface area contributed by atoms with Gasteiger partial charge in [0.15, 0.2) is 0 Å². The molecule has 0 aromatic heterocycles. The summed E-state index contributed by atoms with van der Waals surface area (Å²) in [4.78, 5) is 0. The minimum Gasteiger partial charge on any atom is -0.392 e. The number of hydrogen-bond donors (Lipinski definition) is 2. The van der Waals surface area contributed by atoms with Gasteiger partial charge in [0.1, 0.15) is 0 Å². The van der Waals surface area contributed by atoms with Gasteiger partial charge in [-0.2, -0.15) is 0 Å². The normalized spacial score (nSPS) is 47.4. The van der Waals surface area contributed by atoms with Crippen molar-refractivity contribution in [3.8, 4) is 0 Å². The minimum absolute atomic E-state index is 0.0278. The summed E-state index contributed by atoms with van der Waals surface area (Å²) in [5.41, 5.74) is 5.76. The van der Waals surface area contributed by atoms with Crippen LogP contribution < -0.4 is 5.73 Å². The fraction of sp³-hybridized carbons (Fsp3) is 1.00. The van der Waals surface area contributed by atoms with Crippen molar-refractivity contribution < 1.29 is 5.11 Å². The lowest BCUT2D eigenvalue weighted by Gasteiger charge is -2.52. The fourth-order valence-corrected chi connectivity index (χ4v) is 1.65. The number of nitrogens with two attached hydrogens (primary N) is 1. The Morgan fingerprint density at radius 1 is 1.60 bits per heavy atom. The molecule has 1 aliphatic rings. The standard InChI is InChI=1S/C8H17NO/c1-5(2)8(3)6(9)4-7(8)10/h5-7,10H,4,9H2,1-3H3. The average molecular weight is 143 g/mol. The van der Waals surface area contributed by atoms with Crippen molar-refractivity contribution in [3.05, 3.63) is 0 Å². The van der Waals surface area contributed by atoms with E-state index < -0.39 is 0 Å². The predicted octanol–water partition coefficient (Wildman–Crippen LogP) is 0.741. The van der Waals surface area contributed by atoms with Gasteiger partial charge in [0.2, 0.25) is 0 Å². The highest BCUT2D eigenvalue weighted by molar-refractivity contribution is 5.04. The van der Waals surface area contributed by atoms with Gasteiger partial charge < -0.3 is 10.8 Å². The molecule has 0 bridgehead atoms. The van der Waals surface area contributed by atoms with Gasteiger partial charge in [-0.05, 0) is 12.3 Å². The van der Waals surface area contributed by atoms with E-state index in [4.69, 9.17) is 5.73 Å². The molecule has 0 heterocycles. The maximum absolute atomic E-state index is 9.43. The summed E-state index contributed by atoms with van der Waals surface area (Å²) in [6.07, 6.45) is 0.594. The van der Waals surface area contributed by atoms with E-state index in [0.717, 1.165) is 6.42 Å². The van der Waals surface area contributed by atoms with Gasteiger partial charge >= 0.3 is 0 Å². The van der Waals surface area contributed by atoms with Crippen LogP contribution in [0.2, 0.25) is 0 Å². The molecule has 3 atom stereocenters. The van der Waals surface area contributed by atoms with Crippen LogP contribution in [-0.2, 0) is 0 Å². The Bertz CT molecular complexity index is 116. The van der Waals surface area contributed by atoms with Crippen molar-refractivity contribution in [2.45, 2.75) is 39.3 Å². The fourth-order valence-electron chi connectivity index (χ4n) is 1.65. The van der Waals surface area contributed by atoms with Crippen LogP contribution in [0.1, 0.15) is 27.2 Å². The van der Waals surface area contributed by atoms with Gasteiger partial charge in [0.05, 0.1) is 6.10 Å². The van der Waals surface area contributed by atoms with E-state index in [1.54, 1.807) is 0 Å². The molecule has 0 aliphatic heterocycles. The van der Waals surface area contributed by atoms with Crippen molar-refractivity contribution >= 4 is 0 Å². The molecule has 0 aromatic rings. The summed E-state index contributed by atoms with van der Waals surface area (Å²) in [5.74, 6) is 0.478. The first-order valence-electron chi connectivity index (χ1n) is 3.93. The van der Waals surface area contributed by atoms with Crippen molar-refractivity contribution in [1.82, 2.24) is 0 Å². The van der Waals surface area contributed by atoms with Gasteiger partial charge in [0, 0.05) is 11.5 Å². The van der Waals surface area contributed by atoms with Crippen LogP contribution in [0.3, 0.4) is 0 Å². The minimum atomic E-state index is -0.178. The summed E-state index contributed by atoms with van der Waals surface area (Å²) in [6.45, 7) is 6.29. The third kappa shape index (κ3) is 0.789. The zero-order valence-electron chi connectivity index (χ0n) is 6.96. The Morgan fingerprint density at radius 2 is 2.10 bits per heavy atom. The third-order valence-electron chi connectivity index (χ3n) is 3.24. The van der Waals surface area contributed by atoms with Crippen LogP contribution in [0.4, 0.5) is 0 Å². The molecule has 3 N–H and O–H groups in total. The van der Waals surface area contributed by atoms with E-state index in [1.807, 2.05) is 0 Å². The average Bonchev–Trinajstić information content (AvgIpc) is 1.86. The third-order valence-corrected chi connectivity index (χ3v) is 3.24. The quantitative estimate of drug-likeness (QED) is 0.568. The van der Waals surface area contributed by atoms with E-state index in [-0.39, 0.29) is 17.6 Å². The molecule has 1 rings (SSSR count). The monoisotopic (exact) mass is 143 g/mol. The Balaban J connectivity index is 2.66. The molecule has 2 nitrogen and oxygen atoms in total. The lowest BCUT2D eigenvalue weighted by atomic mass is 9.58. The molecule has 0 radical (unpaired) electrons. The number of hydrogen-bond acceptors (Lipinski definition) is 2. The molecule has 1 saturated carbocycles. The lowest BCUT2D eigenvalue weighted by molar-refractivity contribution is -0.101. The van der Waals surface area contributed by atoms with Crippen molar-refractivity contribution in [2.75, 3.05) is 0 Å². The Morgan fingerprint density at radius 3 is 2.20 bits per heavy atom. The zero-order valence-corrected chi connectivity index (χ0v) is 6.96. The van der Waals surface area contributed by atoms with Crippen LogP contribution in [0.15, 0.2) is 0 Å². The van der Waals surface area contributed by atoms with Crippen molar-refractivity contribution in [1.29, 1.82) is 0 Å². The molecule has 0 aromatic carbocycles. The highest BCUT2D eigenvalue weighted by atomic mass is 16.3. The summed E-state index contributed by atoms with van der Waals surface area (Å²) in [6, 6.07) is 0.197. The molecule has 60 valence electrons. The maximum atomic E-state index is 9.43. The molecule has 2 heteroatoms. The Kier molecular flexibility index (Phi) is 1.77. The second-order valence-corrected chi connectivity index (χ2v) is 3.88. The second-order valence-electron chi connectivity index (χ2n) is 3.88. The van der Waals surface area contributed by atoms with Crippen LogP contribution >= 0.6 is 0 Å². The molecule has 1 aliphatic carbocycles. The Hall–Kier alpha value is -0.0800. The van der Waals surface area contributed by atoms with E-state index in [0.29, 0.717) is 5.92 Å². The highest BCUT2D eigenvalue weighted by Crippen LogP contribution is 2.45. The smallest absolute Gasteiger partial charge is 0.0626 e. The summed E-state index contributed by atoms with van der Waals surface area (Å²) in [5, 5.41) is 9.43. The van der Waals surface area contributed by atoms with Gasteiger partial charge in [-0.1, -0.05) is 20.8 Å². The van der Waals surface area contributed by atoms with E-state index >= 15 is 0 Å². The predicted molar refractivity (Wildman–Crippen MR) is 41.5 cm³/mol. The molecular formula is C8H17NO. The molecule has 1 fully saturated rings. The van der Waals surface area contributed by atoms with Crippen LogP contribution in [0, 0.1) is 11.3 Å². The van der Waals surface area contributed by atoms with Gasteiger partial charge in [0.25, 0.3) is 0 Å². The number of rotatable bonds is 1. The van der Waals surface area contributed by atoms with Crippen LogP contribution in [0.5, 0.6) is 0 Å². The molecule has 0 saturated heterocycles. The van der Waals surface area contributed by atoms with E-state index in [9.17, 15) is 5.11 Å². The highest BCUT2D eigenvalue weighted by Gasteiger charge is 2.50.